The van der Waals surface area contributed by atoms with Crippen molar-refractivity contribution in [3.63, 3.8) is 0 Å². The van der Waals surface area contributed by atoms with Gasteiger partial charge in [-0.1, -0.05) is 24.3 Å². The summed E-state index contributed by atoms with van der Waals surface area (Å²) >= 11 is 0. The summed E-state index contributed by atoms with van der Waals surface area (Å²) in [6.45, 7) is 0. The first-order chi connectivity index (χ1) is 17.1. The smallest absolute Gasteiger partial charge is 0.370 e. The first-order valence-electron chi connectivity index (χ1n) is 10.6. The molecule has 1 aromatic rings. The number of amides is 1. The van der Waals surface area contributed by atoms with E-state index < -0.39 is 89.6 Å². The van der Waals surface area contributed by atoms with Crippen molar-refractivity contribution < 1.29 is 57.5 Å². The topological polar surface area (TPSA) is 68.3 Å². The zero-order valence-electron chi connectivity index (χ0n) is 18.7. The maximum atomic E-state index is 14.6. The molecule has 0 saturated carbocycles. The number of carbonyl (C=O) groups excluding carboxylic acids is 1. The molecule has 0 saturated heterocycles. The van der Waals surface area contributed by atoms with Crippen molar-refractivity contribution in [3.8, 4) is 0 Å². The molecule has 2 aliphatic rings. The number of carbonyl (C=O) groups is 1. The molecule has 1 aliphatic heterocycles. The molecule has 0 radical (unpaired) electrons. The summed E-state index contributed by atoms with van der Waals surface area (Å²) in [4.78, 5) is 17.0. The van der Waals surface area contributed by atoms with Crippen LogP contribution in [-0.4, -0.2) is 35.5 Å². The Kier molecular flexibility index (Phi) is 7.21. The highest BCUT2D eigenvalue weighted by Crippen LogP contribution is 2.58. The number of nitrogens with zero attached hydrogens (tertiary/aromatic N) is 2. The van der Waals surface area contributed by atoms with Crippen LogP contribution in [0.1, 0.15) is 36.2 Å². The lowest BCUT2D eigenvalue weighted by atomic mass is 9.62. The maximum Gasteiger partial charge on any atom is 0.433 e. The predicted molar refractivity (Wildman–Crippen MR) is 108 cm³/mol. The van der Waals surface area contributed by atoms with E-state index in [1.807, 2.05) is 0 Å². The summed E-state index contributed by atoms with van der Waals surface area (Å²) in [6, 6.07) is -2.89. The van der Waals surface area contributed by atoms with Crippen LogP contribution in [0, 0.1) is 11.3 Å². The number of primary amides is 1. The van der Waals surface area contributed by atoms with Gasteiger partial charge < -0.3 is 5.73 Å². The molecule has 210 valence electrons. The van der Waals surface area contributed by atoms with Gasteiger partial charge in [-0.05, 0) is 36.5 Å². The van der Waals surface area contributed by atoms with E-state index in [9.17, 15) is 57.5 Å². The lowest BCUT2D eigenvalue weighted by Crippen LogP contribution is -2.53. The molecular formula is C22H17F12N3O. The minimum absolute atomic E-state index is 0.0852. The lowest BCUT2D eigenvalue weighted by Gasteiger charge is -2.44. The van der Waals surface area contributed by atoms with Crippen molar-refractivity contribution in [2.45, 2.75) is 55.4 Å². The molecule has 2 heterocycles. The quantitative estimate of drug-likeness (QED) is 0.424. The average Bonchev–Trinajstić information content (AvgIpc) is 3.23. The average molecular weight is 567 g/mol. The van der Waals surface area contributed by atoms with E-state index in [4.69, 9.17) is 5.73 Å². The number of hydrogen-bond acceptors (Lipinski definition) is 3. The highest BCUT2D eigenvalue weighted by Gasteiger charge is 2.68. The first-order valence-corrected chi connectivity index (χ1v) is 10.6. The number of pyridine rings is 1. The van der Waals surface area contributed by atoms with Gasteiger partial charge in [0.05, 0.1) is 6.04 Å². The number of aromatic nitrogens is 1. The van der Waals surface area contributed by atoms with E-state index in [-0.39, 0.29) is 18.3 Å². The van der Waals surface area contributed by atoms with E-state index in [1.165, 1.54) is 0 Å². The Morgan fingerprint density at radius 2 is 1.45 bits per heavy atom. The Morgan fingerprint density at radius 3 is 1.89 bits per heavy atom. The van der Waals surface area contributed by atoms with Crippen LogP contribution in [0.4, 0.5) is 52.7 Å². The zero-order chi connectivity index (χ0) is 28.9. The highest BCUT2D eigenvalue weighted by molar-refractivity contribution is 5.78. The van der Waals surface area contributed by atoms with Crippen molar-refractivity contribution in [2.24, 2.45) is 22.1 Å². The van der Waals surface area contributed by atoms with Crippen LogP contribution >= 0.6 is 0 Å². The van der Waals surface area contributed by atoms with Crippen LogP contribution < -0.4 is 5.73 Å². The number of nitrogens with two attached hydrogens (primary N) is 1. The fraction of sp³-hybridized carbons (Fsp3) is 0.500. The molecule has 16 heteroatoms. The molecule has 4 nitrogen and oxygen atoms in total. The first kappa shape index (κ1) is 29.5. The molecule has 0 fully saturated rings. The van der Waals surface area contributed by atoms with Crippen LogP contribution in [-0.2, 0) is 22.6 Å². The molecule has 0 bridgehead atoms. The van der Waals surface area contributed by atoms with Gasteiger partial charge in [0.2, 0.25) is 5.91 Å². The third-order valence-electron chi connectivity index (χ3n) is 6.60. The molecule has 0 aromatic carbocycles. The Balaban J connectivity index is 2.22. The highest BCUT2D eigenvalue weighted by atomic mass is 19.4. The molecule has 38 heavy (non-hydrogen) atoms. The normalized spacial score (nSPS) is 28.2. The van der Waals surface area contributed by atoms with Crippen LogP contribution in [0.15, 0.2) is 41.4 Å². The molecular weight excluding hydrogens is 550 g/mol. The fourth-order valence-corrected chi connectivity index (χ4v) is 4.72. The number of rotatable bonds is 5. The van der Waals surface area contributed by atoms with Crippen LogP contribution in [0.2, 0.25) is 0 Å². The fourth-order valence-electron chi connectivity index (χ4n) is 4.72. The van der Waals surface area contributed by atoms with E-state index in [0.29, 0.717) is 6.08 Å². The monoisotopic (exact) mass is 567 g/mol. The third-order valence-corrected chi connectivity index (χ3v) is 6.60. The second kappa shape index (κ2) is 9.29. The van der Waals surface area contributed by atoms with Crippen molar-refractivity contribution >= 4 is 12.1 Å². The molecule has 4 unspecified atom stereocenters. The number of halogens is 12. The molecule has 4 atom stereocenters. The number of hydrogen-bond donors (Lipinski definition) is 1. The minimum Gasteiger partial charge on any atom is -0.370 e. The largest absolute Gasteiger partial charge is 0.433 e. The Labute approximate surface area is 206 Å². The van der Waals surface area contributed by atoms with E-state index >= 15 is 0 Å². The molecule has 1 amide bonds. The Morgan fingerprint density at radius 1 is 0.895 bits per heavy atom. The molecule has 1 aromatic heterocycles. The van der Waals surface area contributed by atoms with Crippen LogP contribution in [0.5, 0.6) is 0 Å². The van der Waals surface area contributed by atoms with Gasteiger partial charge >= 0.3 is 24.7 Å². The Bertz CT molecular complexity index is 1130. The molecule has 0 spiro atoms. The standard InChI is InChI=1S/C22H17F12N3O/c23-19(24,25)13-7-12(8-14(37-13)20(26,27)28)17(21(29,30)31)9-15(36-10-17)18(22(32,33)34)6-2-1-3-11(18)4-5-16(35)38/h1-3,6-8,10-11,15H,4-5,9H2,(H2,35,38). The number of allylic oxidation sites excluding steroid dienone is 3. The van der Waals surface area contributed by atoms with E-state index in [2.05, 4.69) is 9.98 Å². The molecule has 2 N–H and O–H groups in total. The molecule has 3 rings (SSSR count). The number of alkyl halides is 12. The van der Waals surface area contributed by atoms with Crippen molar-refractivity contribution in [1.29, 1.82) is 0 Å². The van der Waals surface area contributed by atoms with Crippen LogP contribution in [0.3, 0.4) is 0 Å². The maximum absolute atomic E-state index is 14.6. The summed E-state index contributed by atoms with van der Waals surface area (Å²) < 4.78 is 167. The summed E-state index contributed by atoms with van der Waals surface area (Å²) in [7, 11) is 0. The predicted octanol–water partition coefficient (Wildman–Crippen LogP) is 6.32. The van der Waals surface area contributed by atoms with Crippen molar-refractivity contribution in [2.75, 3.05) is 0 Å². The van der Waals surface area contributed by atoms with Gasteiger partial charge in [0.25, 0.3) is 0 Å². The van der Waals surface area contributed by atoms with Crippen molar-refractivity contribution in [1.82, 2.24) is 4.98 Å². The second-order valence-corrected chi connectivity index (χ2v) is 8.88. The van der Waals surface area contributed by atoms with Gasteiger partial charge in [-0.3, -0.25) is 9.79 Å². The van der Waals surface area contributed by atoms with E-state index in [1.54, 1.807) is 0 Å². The number of aliphatic imine (C=N–C) groups is 1. The SMILES string of the molecule is NC(=O)CCC1C=CC=CC1(C1CC(c2cc(C(F)(F)F)nc(C(F)(F)F)c2)(C(F)(F)F)C=N1)C(F)(F)F. The lowest BCUT2D eigenvalue weighted by molar-refractivity contribution is -0.231. The Hall–Kier alpha value is -3.07. The van der Waals surface area contributed by atoms with Crippen molar-refractivity contribution in [3.05, 3.63) is 53.4 Å². The second-order valence-electron chi connectivity index (χ2n) is 8.88. The summed E-state index contributed by atoms with van der Waals surface area (Å²) in [5, 5.41) is 0. The van der Waals surface area contributed by atoms with Gasteiger partial charge in [0, 0.05) is 12.6 Å². The molecule has 1 aliphatic carbocycles. The van der Waals surface area contributed by atoms with E-state index in [0.717, 1.165) is 18.2 Å². The minimum atomic E-state index is -5.66. The third kappa shape index (κ3) is 5.13. The van der Waals surface area contributed by atoms with Gasteiger partial charge in [-0.25, -0.2) is 4.98 Å². The van der Waals surface area contributed by atoms with Crippen LogP contribution in [0.25, 0.3) is 0 Å². The van der Waals surface area contributed by atoms with Gasteiger partial charge in [-0.15, -0.1) is 0 Å². The van der Waals surface area contributed by atoms with Gasteiger partial charge in [-0.2, -0.15) is 52.7 Å². The summed E-state index contributed by atoms with van der Waals surface area (Å²) in [6.07, 6.45) is -21.5. The van der Waals surface area contributed by atoms with Gasteiger partial charge in [0.15, 0.2) is 0 Å². The van der Waals surface area contributed by atoms with Gasteiger partial charge in [0.1, 0.15) is 22.2 Å². The zero-order valence-corrected chi connectivity index (χ0v) is 18.7. The summed E-state index contributed by atoms with van der Waals surface area (Å²) in [5.41, 5.74) is -8.16. The summed E-state index contributed by atoms with van der Waals surface area (Å²) in [5.74, 6) is -2.67.